The van der Waals surface area contributed by atoms with E-state index < -0.39 is 6.04 Å². The smallest absolute Gasteiger partial charge is 0.291 e. The first-order valence-corrected chi connectivity index (χ1v) is 12.5. The van der Waals surface area contributed by atoms with Crippen molar-refractivity contribution in [2.75, 3.05) is 26.4 Å². The first-order valence-electron chi connectivity index (χ1n) is 11.7. The molecule has 1 fully saturated rings. The lowest BCUT2D eigenvalue weighted by molar-refractivity contribution is 0.0486. The molecule has 2 aliphatic rings. The van der Waals surface area contributed by atoms with E-state index >= 15 is 0 Å². The van der Waals surface area contributed by atoms with Gasteiger partial charge in [-0.2, -0.15) is 0 Å². The Hall–Kier alpha value is -3.10. The second-order valence-corrected chi connectivity index (χ2v) is 9.46. The van der Waals surface area contributed by atoms with Crippen molar-refractivity contribution in [3.8, 4) is 11.5 Å². The minimum atomic E-state index is -0.631. The molecule has 7 nitrogen and oxygen atoms in total. The Balaban J connectivity index is 1.67. The number of hydrogen-bond donors (Lipinski definition) is 0. The van der Waals surface area contributed by atoms with Gasteiger partial charge in [0.25, 0.3) is 5.91 Å². The van der Waals surface area contributed by atoms with E-state index in [1.165, 1.54) is 0 Å². The quantitative estimate of drug-likeness (QED) is 0.364. The molecule has 35 heavy (non-hydrogen) atoms. The Bertz CT molecular complexity index is 1340. The van der Waals surface area contributed by atoms with E-state index in [-0.39, 0.29) is 23.2 Å². The molecule has 182 valence electrons. The average molecular weight is 540 g/mol. The highest BCUT2D eigenvalue weighted by atomic mass is 79.9. The molecular formula is C27H26BrNO6. The normalized spacial score (nSPS) is 19.3. The van der Waals surface area contributed by atoms with Gasteiger partial charge in [0, 0.05) is 17.6 Å². The lowest BCUT2D eigenvalue weighted by atomic mass is 9.97. The van der Waals surface area contributed by atoms with E-state index in [2.05, 4.69) is 22.5 Å². The van der Waals surface area contributed by atoms with Crippen LogP contribution in [-0.4, -0.2) is 43.3 Å². The van der Waals surface area contributed by atoms with E-state index in [0.717, 1.165) is 22.9 Å². The summed E-state index contributed by atoms with van der Waals surface area (Å²) in [6.45, 7) is 7.39. The predicted octanol–water partition coefficient (Wildman–Crippen LogP) is 5.24. The van der Waals surface area contributed by atoms with Crippen molar-refractivity contribution in [2.24, 2.45) is 0 Å². The fraction of sp³-hybridized carbons (Fsp3) is 0.333. The minimum Gasteiger partial charge on any atom is -0.490 e. The molecule has 2 aliphatic heterocycles. The molecular weight excluding hydrogens is 514 g/mol. The molecule has 2 unspecified atom stereocenters. The summed E-state index contributed by atoms with van der Waals surface area (Å²) in [5.41, 5.74) is 1.24. The van der Waals surface area contributed by atoms with Crippen LogP contribution in [0.1, 0.15) is 47.5 Å². The van der Waals surface area contributed by atoms with Gasteiger partial charge >= 0.3 is 0 Å². The molecule has 2 aromatic carbocycles. The number of rotatable bonds is 8. The lowest BCUT2D eigenvalue weighted by Crippen LogP contribution is -2.36. The molecule has 1 saturated heterocycles. The van der Waals surface area contributed by atoms with E-state index in [4.69, 9.17) is 18.6 Å². The Morgan fingerprint density at radius 2 is 2.03 bits per heavy atom. The molecule has 3 heterocycles. The zero-order valence-corrected chi connectivity index (χ0v) is 21.0. The predicted molar refractivity (Wildman–Crippen MR) is 135 cm³/mol. The summed E-state index contributed by atoms with van der Waals surface area (Å²) in [6, 6.07) is 10.1. The lowest BCUT2D eigenvalue weighted by Gasteiger charge is -2.28. The number of benzene rings is 2. The van der Waals surface area contributed by atoms with Crippen molar-refractivity contribution in [2.45, 2.75) is 31.9 Å². The summed E-state index contributed by atoms with van der Waals surface area (Å²) in [7, 11) is 0. The van der Waals surface area contributed by atoms with Crippen LogP contribution in [0.2, 0.25) is 0 Å². The van der Waals surface area contributed by atoms with Gasteiger partial charge in [-0.3, -0.25) is 9.59 Å². The van der Waals surface area contributed by atoms with Gasteiger partial charge in [0.2, 0.25) is 5.76 Å². The third-order valence-corrected chi connectivity index (χ3v) is 6.79. The van der Waals surface area contributed by atoms with Crippen LogP contribution in [-0.2, 0) is 4.74 Å². The van der Waals surface area contributed by atoms with Crippen LogP contribution >= 0.6 is 15.9 Å². The highest BCUT2D eigenvalue weighted by Crippen LogP contribution is 2.41. The molecule has 5 rings (SSSR count). The SMILES string of the molecule is C=CCOc1ccc(C2c3c(oc4ccc(Br)cc4c3=O)C(=O)N2CC2CCCO2)cc1OCC. The van der Waals surface area contributed by atoms with Gasteiger partial charge in [0.1, 0.15) is 12.2 Å². The van der Waals surface area contributed by atoms with E-state index in [1.54, 1.807) is 35.2 Å². The molecule has 0 radical (unpaired) electrons. The van der Waals surface area contributed by atoms with Crippen molar-refractivity contribution >= 4 is 32.8 Å². The fourth-order valence-electron chi connectivity index (χ4n) is 4.77. The van der Waals surface area contributed by atoms with Gasteiger partial charge in [-0.25, -0.2) is 0 Å². The van der Waals surface area contributed by atoms with Crippen LogP contribution in [0.3, 0.4) is 0 Å². The van der Waals surface area contributed by atoms with Crippen LogP contribution in [0, 0.1) is 0 Å². The Kier molecular flexibility index (Phi) is 6.67. The zero-order chi connectivity index (χ0) is 24.5. The summed E-state index contributed by atoms with van der Waals surface area (Å²) >= 11 is 3.43. The van der Waals surface area contributed by atoms with Crippen molar-refractivity contribution < 1.29 is 23.4 Å². The molecule has 8 heteroatoms. The second kappa shape index (κ2) is 9.87. The number of carbonyl (C=O) groups is 1. The summed E-state index contributed by atoms with van der Waals surface area (Å²) < 4.78 is 24.2. The van der Waals surface area contributed by atoms with E-state index in [9.17, 15) is 9.59 Å². The monoisotopic (exact) mass is 539 g/mol. The van der Waals surface area contributed by atoms with Gasteiger partial charge in [-0.1, -0.05) is 34.7 Å². The maximum Gasteiger partial charge on any atom is 0.291 e. The third kappa shape index (κ3) is 4.36. The van der Waals surface area contributed by atoms with Crippen LogP contribution in [0.15, 0.2) is 62.7 Å². The molecule has 2 atom stereocenters. The first-order chi connectivity index (χ1) is 17.0. The fourth-order valence-corrected chi connectivity index (χ4v) is 5.13. The van der Waals surface area contributed by atoms with Gasteiger partial charge in [-0.05, 0) is 55.7 Å². The van der Waals surface area contributed by atoms with E-state index in [1.807, 2.05) is 19.1 Å². The Morgan fingerprint density at radius 1 is 1.17 bits per heavy atom. The topological polar surface area (TPSA) is 78.2 Å². The number of amides is 1. The highest BCUT2D eigenvalue weighted by Gasteiger charge is 2.44. The van der Waals surface area contributed by atoms with Gasteiger partial charge in [0.15, 0.2) is 16.9 Å². The number of fused-ring (bicyclic) bond motifs is 2. The van der Waals surface area contributed by atoms with Crippen molar-refractivity contribution in [3.05, 3.63) is 80.6 Å². The summed E-state index contributed by atoms with van der Waals surface area (Å²) in [6.07, 6.45) is 3.38. The highest BCUT2D eigenvalue weighted by molar-refractivity contribution is 9.10. The van der Waals surface area contributed by atoms with Crippen molar-refractivity contribution in [3.63, 3.8) is 0 Å². The molecule has 1 aromatic heterocycles. The average Bonchev–Trinajstić information content (AvgIpc) is 3.46. The first kappa shape index (κ1) is 23.6. The maximum absolute atomic E-state index is 13.7. The van der Waals surface area contributed by atoms with E-state index in [0.29, 0.717) is 54.4 Å². The molecule has 0 aliphatic carbocycles. The minimum absolute atomic E-state index is 0.0813. The maximum atomic E-state index is 13.7. The number of halogens is 1. The summed E-state index contributed by atoms with van der Waals surface area (Å²) in [5, 5.41) is 0.422. The second-order valence-electron chi connectivity index (χ2n) is 8.55. The number of carbonyl (C=O) groups excluding carboxylic acids is 1. The van der Waals surface area contributed by atoms with Crippen LogP contribution < -0.4 is 14.9 Å². The third-order valence-electron chi connectivity index (χ3n) is 6.29. The van der Waals surface area contributed by atoms with Crippen molar-refractivity contribution in [1.82, 2.24) is 4.90 Å². The summed E-state index contributed by atoms with van der Waals surface area (Å²) in [4.78, 5) is 29.0. The molecule has 0 spiro atoms. The standard InChI is InChI=1S/C27H26BrNO6/c1-3-11-34-21-9-7-16(13-22(21)32-4-2)24-23-25(30)19-14-17(28)8-10-20(19)35-26(23)27(31)29(24)15-18-6-5-12-33-18/h3,7-10,13-14,18,24H,1,4-6,11-12,15H2,2H3. The van der Waals surface area contributed by atoms with Crippen molar-refractivity contribution in [1.29, 1.82) is 0 Å². The largest absolute Gasteiger partial charge is 0.490 e. The zero-order valence-electron chi connectivity index (χ0n) is 19.4. The van der Waals surface area contributed by atoms with Crippen LogP contribution in [0.25, 0.3) is 11.0 Å². The molecule has 0 saturated carbocycles. The number of hydrogen-bond acceptors (Lipinski definition) is 6. The Morgan fingerprint density at radius 3 is 2.77 bits per heavy atom. The number of nitrogens with zero attached hydrogens (tertiary/aromatic N) is 1. The number of ether oxygens (including phenoxy) is 3. The molecule has 0 N–H and O–H groups in total. The Labute approximate surface area is 211 Å². The van der Waals surface area contributed by atoms with Gasteiger partial charge in [0.05, 0.1) is 29.7 Å². The van der Waals surface area contributed by atoms with Crippen LogP contribution in [0.4, 0.5) is 0 Å². The van der Waals surface area contributed by atoms with Gasteiger partial charge < -0.3 is 23.5 Å². The molecule has 1 amide bonds. The van der Waals surface area contributed by atoms with Crippen LogP contribution in [0.5, 0.6) is 11.5 Å². The molecule has 3 aromatic rings. The summed E-state index contributed by atoms with van der Waals surface area (Å²) in [5.74, 6) is 0.878. The van der Waals surface area contributed by atoms with Gasteiger partial charge in [-0.15, -0.1) is 0 Å². The molecule has 0 bridgehead atoms.